The van der Waals surface area contributed by atoms with Gasteiger partial charge in [-0.05, 0) is 140 Å². The van der Waals surface area contributed by atoms with Crippen LogP contribution in [0, 0.1) is 11.6 Å². The quantitative estimate of drug-likeness (QED) is 0.0670. The standard InChI is InChI=1S/C20H19FN2O4.C17H10F3NO4.C16H10FNO4/c1-22(2)11-12-23-19(24)18(27-20(23)25)13-14-3-7-16(8-4-14)26-17-9-5-15(21)6-10-17;18-17(19,20)25-13-7-2-1-6-12(13)11-5-3-4-10(8-11)9-14-15(22)21-16(23)24-14;17-11-3-7-13(8-4-11)21-12-5-1-10(2-6-12)9-14-15(19)18-16(20)22-14/h3-10,13H,11-12H2,1-2H3;1-9H,(H,21,22,23);1-9H,(H,18,19,20)/b18-13-;2*14-9-. The number of carbonyl (C=O) groups excluding carboxylic acids is 6. The zero-order chi connectivity index (χ0) is 52.9. The van der Waals surface area contributed by atoms with Crippen LogP contribution in [0.15, 0.2) is 163 Å². The Morgan fingerprint density at radius 2 is 1.01 bits per heavy atom. The molecular formula is C53H39F5N4O12. The molecule has 0 radical (unpaired) electrons. The Labute approximate surface area is 417 Å². The number of alkyl halides is 3. The van der Waals surface area contributed by atoms with Gasteiger partial charge in [0.15, 0.2) is 17.3 Å². The van der Waals surface area contributed by atoms with Crippen LogP contribution in [0.5, 0.6) is 28.7 Å². The fraction of sp³-hybridized carbons (Fsp3) is 0.0943. The molecule has 2 N–H and O–H groups in total. The molecule has 6 aromatic rings. The Morgan fingerprint density at radius 1 is 0.554 bits per heavy atom. The van der Waals surface area contributed by atoms with Crippen LogP contribution in [0.2, 0.25) is 0 Å². The number of hydrogen-bond donors (Lipinski definition) is 2. The third-order valence-electron chi connectivity index (χ3n) is 9.99. The zero-order valence-electron chi connectivity index (χ0n) is 38.7. The highest BCUT2D eigenvalue weighted by atomic mass is 19.4. The van der Waals surface area contributed by atoms with E-state index in [1.165, 1.54) is 85.0 Å². The van der Waals surface area contributed by atoms with Gasteiger partial charge in [-0.1, -0.05) is 60.7 Å². The highest BCUT2D eigenvalue weighted by molar-refractivity contribution is 6.11. The Hall–Kier alpha value is -9.63. The Morgan fingerprint density at radius 3 is 1.47 bits per heavy atom. The Kier molecular flexibility index (Phi) is 16.6. The van der Waals surface area contributed by atoms with Gasteiger partial charge >= 0.3 is 24.6 Å². The van der Waals surface area contributed by atoms with Crippen LogP contribution >= 0.6 is 0 Å². The summed E-state index contributed by atoms with van der Waals surface area (Å²) in [5, 5.41) is 3.97. The molecule has 16 nitrogen and oxygen atoms in total. The van der Waals surface area contributed by atoms with Crippen LogP contribution in [0.25, 0.3) is 29.4 Å². The molecule has 0 atom stereocenters. The first-order chi connectivity index (χ1) is 35.3. The summed E-state index contributed by atoms with van der Waals surface area (Å²) in [5.74, 6) is -0.835. The lowest BCUT2D eigenvalue weighted by Crippen LogP contribution is -2.35. The molecule has 0 bridgehead atoms. The Bertz CT molecular complexity index is 3160. The van der Waals surface area contributed by atoms with Gasteiger partial charge in [0.05, 0.1) is 0 Å². The van der Waals surface area contributed by atoms with E-state index in [0.29, 0.717) is 51.8 Å². The number of carbonyl (C=O) groups is 6. The number of ether oxygens (including phenoxy) is 6. The van der Waals surface area contributed by atoms with Gasteiger partial charge in [-0.3, -0.25) is 25.0 Å². The van der Waals surface area contributed by atoms with Crippen molar-refractivity contribution in [2.45, 2.75) is 6.36 Å². The molecule has 21 heteroatoms. The number of nitrogens with zero attached hydrogens (tertiary/aromatic N) is 2. The van der Waals surface area contributed by atoms with Gasteiger partial charge < -0.3 is 33.3 Å². The summed E-state index contributed by atoms with van der Waals surface area (Å²) >= 11 is 0. The van der Waals surface area contributed by atoms with Crippen molar-refractivity contribution >= 4 is 54.2 Å². The second kappa shape index (κ2) is 23.5. The lowest BCUT2D eigenvalue weighted by molar-refractivity contribution is -0.274. The lowest BCUT2D eigenvalue weighted by Gasteiger charge is -2.13. The van der Waals surface area contributed by atoms with E-state index in [2.05, 4.69) is 4.74 Å². The number of amides is 6. The maximum absolute atomic E-state index is 12.9. The molecule has 0 aromatic heterocycles. The van der Waals surface area contributed by atoms with E-state index in [0.717, 1.165) is 4.90 Å². The van der Waals surface area contributed by atoms with Crippen LogP contribution in [-0.4, -0.2) is 79.3 Å². The molecule has 378 valence electrons. The molecule has 0 unspecified atom stereocenters. The van der Waals surface area contributed by atoms with Gasteiger partial charge in [-0.15, -0.1) is 13.2 Å². The minimum atomic E-state index is -4.81. The van der Waals surface area contributed by atoms with E-state index in [-0.39, 0.29) is 46.8 Å². The number of para-hydroxylation sites is 1. The van der Waals surface area contributed by atoms with Crippen LogP contribution in [0.1, 0.15) is 16.7 Å². The molecule has 0 spiro atoms. The van der Waals surface area contributed by atoms with Crippen molar-refractivity contribution in [3.8, 4) is 39.9 Å². The highest BCUT2D eigenvalue weighted by Crippen LogP contribution is 2.35. The summed E-state index contributed by atoms with van der Waals surface area (Å²) in [7, 11) is 3.72. The lowest BCUT2D eigenvalue weighted by atomic mass is 10.0. The SMILES string of the molecule is CN(C)CCN1C(=O)O/C(=C\c2ccc(Oc3ccc(F)cc3)cc2)C1=O.O=C1NC(=O)/C(=C/c2ccc(Oc3ccc(F)cc3)cc2)O1.O=C1NC(=O)/C(=C/c2cccc(-c3ccccc3OC(F)(F)F)c2)O1. The third kappa shape index (κ3) is 14.9. The molecule has 3 saturated heterocycles. The average Bonchev–Trinajstić information content (AvgIpc) is 3.96. The summed E-state index contributed by atoms with van der Waals surface area (Å²) in [4.78, 5) is 71.8. The fourth-order valence-electron chi connectivity index (χ4n) is 6.55. The summed E-state index contributed by atoms with van der Waals surface area (Å²) < 4.78 is 93.0. The minimum absolute atomic E-state index is 0.00837. The van der Waals surface area contributed by atoms with Crippen molar-refractivity contribution in [3.63, 3.8) is 0 Å². The number of imide groups is 3. The van der Waals surface area contributed by atoms with Crippen molar-refractivity contribution in [1.29, 1.82) is 0 Å². The fourth-order valence-corrected chi connectivity index (χ4v) is 6.55. The van der Waals surface area contributed by atoms with Gasteiger partial charge in [0.1, 0.15) is 40.4 Å². The molecule has 9 rings (SSSR count). The number of benzene rings is 6. The van der Waals surface area contributed by atoms with Gasteiger partial charge in [-0.25, -0.2) is 28.1 Å². The minimum Gasteiger partial charge on any atom is -0.457 e. The summed E-state index contributed by atoms with van der Waals surface area (Å²) in [6.45, 7) is 0.829. The first kappa shape index (κ1) is 52.2. The van der Waals surface area contributed by atoms with E-state index in [1.54, 1.807) is 78.9 Å². The number of hydrogen-bond acceptors (Lipinski definition) is 13. The number of nitrogens with one attached hydrogen (secondary N) is 2. The molecular weight excluding hydrogens is 980 g/mol. The molecule has 3 heterocycles. The van der Waals surface area contributed by atoms with E-state index < -0.39 is 42.4 Å². The summed E-state index contributed by atoms with van der Waals surface area (Å²) in [5.41, 5.74) is 2.50. The molecule has 3 fully saturated rings. The van der Waals surface area contributed by atoms with Crippen LogP contribution < -0.4 is 24.8 Å². The number of alkyl carbamates (subject to hydrolysis) is 2. The molecule has 0 aliphatic carbocycles. The number of halogens is 5. The topological polar surface area (TPSA) is 188 Å². The average molecular weight is 1020 g/mol. The third-order valence-corrected chi connectivity index (χ3v) is 9.99. The van der Waals surface area contributed by atoms with Crippen molar-refractivity contribution < 1.29 is 79.1 Å². The first-order valence-electron chi connectivity index (χ1n) is 21.8. The van der Waals surface area contributed by atoms with Crippen molar-refractivity contribution in [2.24, 2.45) is 0 Å². The maximum atomic E-state index is 12.9. The number of rotatable bonds is 12. The van der Waals surface area contributed by atoms with E-state index >= 15 is 0 Å². The largest absolute Gasteiger partial charge is 0.573 e. The molecule has 0 saturated carbocycles. The van der Waals surface area contributed by atoms with Gasteiger partial charge in [0.2, 0.25) is 0 Å². The second-order valence-electron chi connectivity index (χ2n) is 15.8. The van der Waals surface area contributed by atoms with Crippen LogP contribution in [0.4, 0.5) is 36.3 Å². The molecule has 3 aliphatic heterocycles. The zero-order valence-corrected chi connectivity index (χ0v) is 38.7. The van der Waals surface area contributed by atoms with Crippen molar-refractivity contribution in [1.82, 2.24) is 20.4 Å². The maximum Gasteiger partial charge on any atom is 0.573 e. The number of likely N-dealkylation sites (N-methyl/N-ethyl adjacent to an activating group) is 1. The van der Waals surface area contributed by atoms with Crippen LogP contribution in [-0.2, 0) is 28.6 Å². The van der Waals surface area contributed by atoms with Gasteiger partial charge in [0, 0.05) is 18.7 Å². The van der Waals surface area contributed by atoms with Gasteiger partial charge in [0.25, 0.3) is 17.7 Å². The molecule has 3 aliphatic rings. The predicted molar refractivity (Wildman–Crippen MR) is 254 cm³/mol. The Balaban J connectivity index is 0.000000163. The normalized spacial score (nSPS) is 15.7. The second-order valence-corrected chi connectivity index (χ2v) is 15.8. The molecule has 74 heavy (non-hydrogen) atoms. The van der Waals surface area contributed by atoms with Gasteiger partial charge in [-0.2, -0.15) is 0 Å². The molecule has 6 amide bonds. The summed E-state index contributed by atoms with van der Waals surface area (Å²) in [6.07, 6.45) is -2.87. The van der Waals surface area contributed by atoms with Crippen molar-refractivity contribution in [3.05, 3.63) is 191 Å². The predicted octanol–water partition coefficient (Wildman–Crippen LogP) is 10.6. The molecule has 6 aromatic carbocycles. The first-order valence-corrected chi connectivity index (χ1v) is 21.8. The highest BCUT2D eigenvalue weighted by Gasteiger charge is 2.36. The van der Waals surface area contributed by atoms with Crippen LogP contribution in [0.3, 0.4) is 0 Å². The van der Waals surface area contributed by atoms with E-state index in [4.69, 9.17) is 23.7 Å². The monoisotopic (exact) mass is 1020 g/mol. The van der Waals surface area contributed by atoms with E-state index in [1.807, 2.05) is 29.6 Å². The van der Waals surface area contributed by atoms with E-state index in [9.17, 15) is 50.7 Å². The number of cyclic esters (lactones) is 3. The van der Waals surface area contributed by atoms with Crippen molar-refractivity contribution in [2.75, 3.05) is 27.2 Å². The summed E-state index contributed by atoms with van der Waals surface area (Å²) in [6, 6.07) is 37.1. The smallest absolute Gasteiger partial charge is 0.457 e.